The number of aromatic hydroxyl groups is 1. The standard InChI is InChI=1S/C64H70N16O18S5/c1-25(81)42-56(88)77-43(26(2)93-8)59-72-37(24-101-59)55(87)78-46-48-49(98-40-15-64(4,91)50(79(6)7)27(3)97-40)63(90)95-17-28-10-9-11-38-41(28)30(18-94-48)47(80(38)92)62(89)96-19-32(69-53(85)35-23-103-61(46)74-35)58-70-33(20-100-58)44-29(57-71-36(21-99-57)54(86)76-42)14-39(82)45(75-44)60-73-34(22-102-60)52(84)68-31(51(65)83)16-67-13-12-66-5/h9-11,14,20-25,27,31-32,40,42,46,48-50,66-67,81-82,91-92H,12-13,15-19H2,1-8H3,(H2,65,83)(H,68,84)(H,69,85)(H,76,86)(H,77,88)(H,78,87)/b43-26+/t25-,27+,31?,32+,40+,42+,46+,48+,49+,50-,64+/m1/s1. The van der Waals surface area contributed by atoms with Crippen LogP contribution < -0.4 is 43.0 Å². The van der Waals surface area contributed by atoms with E-state index < -0.39 is 145 Å². The van der Waals surface area contributed by atoms with E-state index in [1.54, 1.807) is 52.0 Å². The van der Waals surface area contributed by atoms with Gasteiger partial charge in [0.05, 0.1) is 43.1 Å². The number of cyclic esters (lactones) is 2. The third-order valence-corrected chi connectivity index (χ3v) is 21.8. The Bertz CT molecular complexity index is 4660. The fourth-order valence-electron chi connectivity index (χ4n) is 12.4. The molecule has 1 saturated heterocycles. The maximum atomic E-state index is 15.2. The number of rotatable bonds is 14. The molecule has 7 aromatic heterocycles. The molecule has 544 valence electrons. The summed E-state index contributed by atoms with van der Waals surface area (Å²) in [7, 11) is 6.59. The molecule has 11 heterocycles. The summed E-state index contributed by atoms with van der Waals surface area (Å²) < 4.78 is 38.3. The van der Waals surface area contributed by atoms with Crippen LogP contribution in [0.15, 0.2) is 56.9 Å². The van der Waals surface area contributed by atoms with E-state index in [0.717, 1.165) is 56.7 Å². The number of ether oxygens (including phenoxy) is 6. The number of benzene rings is 1. The number of aliphatic hydroxyl groups excluding tert-OH is 1. The van der Waals surface area contributed by atoms with Gasteiger partial charge in [0.2, 0.25) is 11.8 Å². The number of nitrogens with one attached hydrogen (secondary N) is 7. The van der Waals surface area contributed by atoms with Gasteiger partial charge in [0.15, 0.2) is 18.1 Å². The lowest BCUT2D eigenvalue weighted by Crippen LogP contribution is -2.62. The van der Waals surface area contributed by atoms with Gasteiger partial charge in [-0.25, -0.2) is 39.5 Å². The zero-order valence-electron chi connectivity index (χ0n) is 56.1. The Morgan fingerprint density at radius 2 is 1.53 bits per heavy atom. The summed E-state index contributed by atoms with van der Waals surface area (Å²) in [5, 5.41) is 74.1. The maximum Gasteiger partial charge on any atom is 0.358 e. The van der Waals surface area contributed by atoms with Crippen molar-refractivity contribution in [2.75, 3.05) is 54.5 Å². The second-order valence-corrected chi connectivity index (χ2v) is 29.1. The number of pyridine rings is 1. The third-order valence-electron chi connectivity index (χ3n) is 17.3. The monoisotopic (exact) mass is 1510 g/mol. The molecule has 0 spiro atoms. The number of carbonyl (C=O) groups is 8. The van der Waals surface area contributed by atoms with Crippen molar-refractivity contribution in [3.63, 3.8) is 0 Å². The molecule has 13 N–H and O–H groups in total. The number of hydrogen-bond donors (Lipinski definition) is 12. The zero-order chi connectivity index (χ0) is 73.5. The number of nitrogens with zero attached hydrogens (tertiary/aromatic N) is 8. The molecule has 4 aliphatic rings. The van der Waals surface area contributed by atoms with E-state index in [0.29, 0.717) is 23.4 Å². The smallest absolute Gasteiger partial charge is 0.358 e. The van der Waals surface area contributed by atoms with Gasteiger partial charge in [-0.05, 0) is 66.5 Å². The van der Waals surface area contributed by atoms with Crippen LogP contribution in [-0.2, 0) is 56.0 Å². The highest BCUT2D eigenvalue weighted by Gasteiger charge is 2.50. The van der Waals surface area contributed by atoms with Crippen molar-refractivity contribution in [1.82, 2.24) is 76.8 Å². The first-order chi connectivity index (χ1) is 49.2. The summed E-state index contributed by atoms with van der Waals surface area (Å²) >= 11 is 4.51. The predicted molar refractivity (Wildman–Crippen MR) is 371 cm³/mol. The van der Waals surface area contributed by atoms with Gasteiger partial charge in [-0.15, -0.1) is 56.7 Å². The Morgan fingerprint density at radius 3 is 2.25 bits per heavy atom. The fraction of sp³-hybridized carbons (Fsp3) is 0.406. The van der Waals surface area contributed by atoms with E-state index in [9.17, 15) is 39.7 Å². The van der Waals surface area contributed by atoms with E-state index >= 15 is 19.2 Å². The van der Waals surface area contributed by atoms with Crippen molar-refractivity contribution in [2.45, 2.75) is 114 Å². The SMILES string of the molecule is CNCCNCC(NC(=O)c1csc(-c2nc3c(cc2O)-c2nc(cs2)C(=O)N[C@@H]([C@@H](C)O)C(=O)N/C(=C(\C)OC)c2nc(cs2)C(=O)N[C@@H]2c4nc(cs4)C(=O)N[C@@H](COC(=O)c4c5c6c(cccc6n4O)COC(=O)[C@@H](O[C@H]4C[C@](C)(O)[C@H](N(C)C)[C@H](C)O4)[C@H]2OC5)c2nc-3cs2)n1)C(N)=O. The van der Waals surface area contributed by atoms with Crippen molar-refractivity contribution < 1.29 is 87.3 Å². The predicted octanol–water partition coefficient (Wildman–Crippen LogP) is 2.56. The minimum absolute atomic E-state index is 0.00564. The molecule has 1 fully saturated rings. The Hall–Kier alpha value is -9.36. The molecule has 1 aromatic carbocycles. The van der Waals surface area contributed by atoms with Gasteiger partial charge < -0.3 is 96.8 Å². The molecule has 0 saturated carbocycles. The Labute approximate surface area is 605 Å². The molecule has 11 atom stereocenters. The van der Waals surface area contributed by atoms with Crippen LogP contribution >= 0.6 is 56.7 Å². The van der Waals surface area contributed by atoms with Crippen molar-refractivity contribution in [3.05, 3.63) is 112 Å². The molecular weight excluding hydrogens is 1440 g/mol. The minimum Gasteiger partial charge on any atom is -0.506 e. The number of thiazole rings is 5. The second kappa shape index (κ2) is 30.5. The van der Waals surface area contributed by atoms with Gasteiger partial charge >= 0.3 is 11.9 Å². The number of aliphatic hydroxyl groups is 2. The first kappa shape index (κ1) is 73.4. The van der Waals surface area contributed by atoms with E-state index in [4.69, 9.17) is 49.1 Å². The Kier molecular flexibility index (Phi) is 21.8. The highest BCUT2D eigenvalue weighted by Crippen LogP contribution is 2.43. The number of carbonyl (C=O) groups excluding carboxylic acids is 8. The summed E-state index contributed by atoms with van der Waals surface area (Å²) in [4.78, 5) is 145. The summed E-state index contributed by atoms with van der Waals surface area (Å²) in [6, 6.07) is -0.485. The van der Waals surface area contributed by atoms with Gasteiger partial charge in [-0.1, -0.05) is 12.1 Å². The number of primary amides is 1. The minimum atomic E-state index is -1.92. The van der Waals surface area contributed by atoms with Crippen LogP contribution in [0.1, 0.15) is 125 Å². The quantitative estimate of drug-likeness (QED) is 0.0322. The number of esters is 2. The van der Waals surface area contributed by atoms with Gasteiger partial charge in [0.1, 0.15) is 126 Å². The normalized spacial score (nSPS) is 23.8. The highest BCUT2D eigenvalue weighted by molar-refractivity contribution is 7.14. The fourth-order valence-corrected chi connectivity index (χ4v) is 16.6. The average Bonchev–Trinajstić information content (AvgIpc) is 1.67. The molecule has 12 bridgehead atoms. The van der Waals surface area contributed by atoms with Crippen LogP contribution in [0.3, 0.4) is 0 Å². The molecule has 12 rings (SSSR count). The highest BCUT2D eigenvalue weighted by atomic mass is 32.1. The van der Waals surface area contributed by atoms with E-state index in [-0.39, 0.29) is 111 Å². The van der Waals surface area contributed by atoms with Crippen LogP contribution in [0, 0.1) is 0 Å². The molecule has 6 amide bonds. The second-order valence-electron chi connectivity index (χ2n) is 24.8. The molecule has 0 radical (unpaired) electrons. The van der Waals surface area contributed by atoms with Crippen molar-refractivity contribution in [3.8, 4) is 38.4 Å². The summed E-state index contributed by atoms with van der Waals surface area (Å²) in [6.07, 6.45) is -7.57. The number of hydrogen-bond acceptors (Lipinski definition) is 32. The van der Waals surface area contributed by atoms with Crippen molar-refractivity contribution >= 4 is 121 Å². The molecular formula is C64H70N16O18S5. The van der Waals surface area contributed by atoms with Crippen LogP contribution in [0.4, 0.5) is 0 Å². The number of likely N-dealkylation sites (N-methyl/N-ethyl adjacent to an activating group) is 2. The average molecular weight is 1510 g/mol. The number of amides is 6. The number of allylic oxidation sites excluding steroid dienone is 1. The van der Waals surface area contributed by atoms with E-state index in [1.807, 2.05) is 0 Å². The van der Waals surface area contributed by atoms with Gasteiger partial charge in [0, 0.05) is 69.5 Å². The van der Waals surface area contributed by atoms with E-state index in [1.165, 1.54) is 60.0 Å². The van der Waals surface area contributed by atoms with Crippen molar-refractivity contribution in [2.24, 2.45) is 5.73 Å². The lowest BCUT2D eigenvalue weighted by atomic mass is 9.85. The molecule has 34 nitrogen and oxygen atoms in total. The number of methoxy groups -OCH3 is 1. The van der Waals surface area contributed by atoms with Crippen LogP contribution in [0.25, 0.3) is 49.3 Å². The summed E-state index contributed by atoms with van der Waals surface area (Å²) in [6.45, 7) is 5.27. The molecule has 8 aromatic rings. The van der Waals surface area contributed by atoms with Gasteiger partial charge in [-0.2, -0.15) is 4.73 Å². The van der Waals surface area contributed by atoms with Gasteiger partial charge in [0.25, 0.3) is 23.6 Å². The molecule has 0 aliphatic carbocycles. The topological polar surface area (TPSA) is 469 Å². The first-order valence-electron chi connectivity index (χ1n) is 31.9. The molecule has 4 aliphatic heterocycles. The number of fused-ring (bicyclic) bond motifs is 15. The summed E-state index contributed by atoms with van der Waals surface area (Å²) in [5.41, 5.74) is 2.87. The van der Waals surface area contributed by atoms with Crippen LogP contribution in [0.5, 0.6) is 5.75 Å². The first-order valence-corrected chi connectivity index (χ1v) is 36.3. The molecule has 103 heavy (non-hydrogen) atoms. The lowest BCUT2D eigenvalue weighted by molar-refractivity contribution is -0.280. The molecule has 1 unspecified atom stereocenters. The molecule has 39 heteroatoms. The Morgan fingerprint density at radius 1 is 0.854 bits per heavy atom. The maximum absolute atomic E-state index is 15.2. The number of nitrogens with two attached hydrogens (primary N) is 1. The summed E-state index contributed by atoms with van der Waals surface area (Å²) in [5.74, 6) is -7.98. The zero-order valence-corrected chi connectivity index (χ0v) is 60.2. The largest absolute Gasteiger partial charge is 0.506 e. The van der Waals surface area contributed by atoms with Crippen molar-refractivity contribution in [1.29, 1.82) is 0 Å². The lowest BCUT2D eigenvalue weighted by Gasteiger charge is -2.48. The van der Waals surface area contributed by atoms with E-state index in [2.05, 4.69) is 52.2 Å². The van der Waals surface area contributed by atoms with Crippen LogP contribution in [-0.4, -0.2) is 216 Å². The van der Waals surface area contributed by atoms with Gasteiger partial charge in [-0.3, -0.25) is 28.8 Å². The third kappa shape index (κ3) is 15.2. The van der Waals surface area contributed by atoms with Crippen LogP contribution in [0.2, 0.25) is 0 Å². The Balaban J connectivity index is 1.02. The number of aromatic nitrogens is 7.